The van der Waals surface area contributed by atoms with Gasteiger partial charge in [-0.05, 0) is 72.7 Å². The quantitative estimate of drug-likeness (QED) is 0.164. The Labute approximate surface area is 329 Å². The molecule has 12 rings (SSSR count). The molecule has 2 aliphatic carbocycles. The summed E-state index contributed by atoms with van der Waals surface area (Å²) in [5.74, 6) is 0. The molecule has 276 valence electrons. The fraction of sp³-hybridized carbons (Fsp3) is 0.137. The lowest BCUT2D eigenvalue weighted by molar-refractivity contribution is 0.240. The number of fused-ring (bicyclic) bond motifs is 9. The average Bonchev–Trinajstić information content (AvgIpc) is 3.96. The number of para-hydroxylation sites is 4. The van der Waals surface area contributed by atoms with Crippen LogP contribution in [0.4, 0.5) is 0 Å². The molecule has 9 aromatic rings. The SMILES string of the molecule is C1=CCCC(C2NC(C3=CCCC=C3)NC(c3ccc4c(c3)oc3c(-c5cccc6c5oc5cccc(-n7c8ccccc8c8ccccc87)c56)cccc34)N2)=C1. The maximum Gasteiger partial charge on any atom is 0.143 e. The molecule has 6 nitrogen and oxygen atoms in total. The molecular formula is C51H40N4O2. The highest BCUT2D eigenvalue weighted by Crippen LogP contribution is 2.44. The molecule has 4 heterocycles. The summed E-state index contributed by atoms with van der Waals surface area (Å²) in [7, 11) is 0. The second kappa shape index (κ2) is 13.1. The van der Waals surface area contributed by atoms with Crippen LogP contribution in [0.2, 0.25) is 0 Å². The highest BCUT2D eigenvalue weighted by atomic mass is 16.3. The van der Waals surface area contributed by atoms with Gasteiger partial charge in [0.1, 0.15) is 22.3 Å². The summed E-state index contributed by atoms with van der Waals surface area (Å²) in [5.41, 5.74) is 12.7. The predicted molar refractivity (Wildman–Crippen MR) is 233 cm³/mol. The molecule has 57 heavy (non-hydrogen) atoms. The van der Waals surface area contributed by atoms with Crippen molar-refractivity contribution >= 4 is 65.7 Å². The zero-order chi connectivity index (χ0) is 37.5. The fourth-order valence-corrected chi connectivity index (χ4v) is 9.57. The van der Waals surface area contributed by atoms with Gasteiger partial charge in [-0.1, -0.05) is 127 Å². The summed E-state index contributed by atoms with van der Waals surface area (Å²) in [4.78, 5) is 0. The minimum Gasteiger partial charge on any atom is -0.455 e. The minimum atomic E-state index is -0.0746. The maximum atomic E-state index is 6.90. The van der Waals surface area contributed by atoms with E-state index in [4.69, 9.17) is 8.83 Å². The molecule has 0 radical (unpaired) electrons. The zero-order valence-corrected chi connectivity index (χ0v) is 31.3. The molecule has 6 heteroatoms. The Balaban J connectivity index is 0.976. The second-order valence-electron chi connectivity index (χ2n) is 15.5. The third kappa shape index (κ3) is 5.22. The molecule has 1 aliphatic heterocycles. The number of nitrogens with one attached hydrogen (secondary N) is 3. The Bertz CT molecular complexity index is 3150. The lowest BCUT2D eigenvalue weighted by Crippen LogP contribution is -2.64. The van der Waals surface area contributed by atoms with Crippen molar-refractivity contribution in [3.05, 3.63) is 174 Å². The van der Waals surface area contributed by atoms with E-state index in [0.717, 1.165) is 91.9 Å². The van der Waals surface area contributed by atoms with Crippen molar-refractivity contribution < 1.29 is 8.83 Å². The third-order valence-corrected chi connectivity index (χ3v) is 12.2. The summed E-state index contributed by atoms with van der Waals surface area (Å²) >= 11 is 0. The van der Waals surface area contributed by atoms with Gasteiger partial charge < -0.3 is 13.4 Å². The smallest absolute Gasteiger partial charge is 0.143 e. The Morgan fingerprint density at radius 3 is 2.02 bits per heavy atom. The van der Waals surface area contributed by atoms with Gasteiger partial charge in [-0.15, -0.1) is 0 Å². The van der Waals surface area contributed by atoms with E-state index in [-0.39, 0.29) is 18.5 Å². The summed E-state index contributed by atoms with van der Waals surface area (Å²) in [6.07, 6.45) is 17.9. The van der Waals surface area contributed by atoms with E-state index in [1.54, 1.807) is 0 Å². The standard InChI is InChI=1S/C51H40N4O2/c1-3-14-31(15-4-1)49-52-50(32-16-5-2-6-17-32)54-51(53-49)33-28-29-36-37-20-11-21-38(47(37)57-45(36)30-33)39-22-12-23-40-46-43(26-13-27-44(46)56-48(39)40)55-41-24-9-7-18-34(41)35-19-8-10-25-42(35)55/h1,3,5,7-14,16-30,49-54H,2,4,6,15H2. The van der Waals surface area contributed by atoms with Gasteiger partial charge in [0.05, 0.1) is 40.6 Å². The van der Waals surface area contributed by atoms with Gasteiger partial charge in [0.15, 0.2) is 0 Å². The summed E-state index contributed by atoms with van der Waals surface area (Å²) in [5, 5.41) is 18.4. The zero-order valence-electron chi connectivity index (χ0n) is 31.3. The van der Waals surface area contributed by atoms with Crippen LogP contribution in [-0.4, -0.2) is 16.9 Å². The third-order valence-electron chi connectivity index (χ3n) is 12.2. The van der Waals surface area contributed by atoms with E-state index >= 15 is 0 Å². The van der Waals surface area contributed by atoms with E-state index in [1.807, 2.05) is 0 Å². The topological polar surface area (TPSA) is 67.3 Å². The number of allylic oxidation sites excluding steroid dienone is 5. The molecule has 0 saturated carbocycles. The summed E-state index contributed by atoms with van der Waals surface area (Å²) < 4.78 is 16.1. The van der Waals surface area contributed by atoms with Crippen LogP contribution in [0.1, 0.15) is 37.4 Å². The maximum absolute atomic E-state index is 6.90. The number of nitrogens with zero attached hydrogens (tertiary/aromatic N) is 1. The van der Waals surface area contributed by atoms with Gasteiger partial charge in [0.2, 0.25) is 0 Å². The van der Waals surface area contributed by atoms with E-state index in [9.17, 15) is 0 Å². The first kappa shape index (κ1) is 32.8. The van der Waals surface area contributed by atoms with Crippen LogP contribution in [0.25, 0.3) is 82.5 Å². The molecule has 0 amide bonds. The molecule has 3 aromatic heterocycles. The average molecular weight is 741 g/mol. The van der Waals surface area contributed by atoms with Crippen molar-refractivity contribution in [2.24, 2.45) is 0 Å². The molecule has 0 bridgehead atoms. The van der Waals surface area contributed by atoms with Gasteiger partial charge in [0, 0.05) is 38.1 Å². The van der Waals surface area contributed by atoms with Crippen molar-refractivity contribution in [1.82, 2.24) is 20.5 Å². The van der Waals surface area contributed by atoms with Crippen molar-refractivity contribution in [2.45, 2.75) is 44.2 Å². The monoisotopic (exact) mass is 740 g/mol. The Kier molecular flexibility index (Phi) is 7.51. The van der Waals surface area contributed by atoms with Crippen LogP contribution >= 0.6 is 0 Å². The normalized spacial score (nSPS) is 20.0. The van der Waals surface area contributed by atoms with Crippen LogP contribution in [0.15, 0.2) is 178 Å². The van der Waals surface area contributed by atoms with Crippen LogP contribution < -0.4 is 16.0 Å². The second-order valence-corrected chi connectivity index (χ2v) is 15.5. The van der Waals surface area contributed by atoms with E-state index in [0.29, 0.717) is 0 Å². The van der Waals surface area contributed by atoms with Crippen LogP contribution in [0, 0.1) is 0 Å². The first-order valence-electron chi connectivity index (χ1n) is 20.2. The molecule has 3 aliphatic rings. The molecular weight excluding hydrogens is 701 g/mol. The van der Waals surface area contributed by atoms with Crippen molar-refractivity contribution in [2.75, 3.05) is 0 Å². The van der Waals surface area contributed by atoms with Gasteiger partial charge >= 0.3 is 0 Å². The first-order chi connectivity index (χ1) is 28.3. The van der Waals surface area contributed by atoms with Crippen molar-refractivity contribution in [1.29, 1.82) is 0 Å². The van der Waals surface area contributed by atoms with Crippen LogP contribution in [-0.2, 0) is 0 Å². The summed E-state index contributed by atoms with van der Waals surface area (Å²) in [6, 6.07) is 43.3. The molecule has 6 aromatic carbocycles. The van der Waals surface area contributed by atoms with E-state index in [2.05, 4.69) is 178 Å². The number of benzene rings is 6. The minimum absolute atomic E-state index is 0.0300. The Morgan fingerprint density at radius 2 is 1.25 bits per heavy atom. The number of aromatic nitrogens is 1. The lowest BCUT2D eigenvalue weighted by atomic mass is 9.97. The van der Waals surface area contributed by atoms with Crippen LogP contribution in [0.5, 0.6) is 0 Å². The van der Waals surface area contributed by atoms with Crippen molar-refractivity contribution in [3.8, 4) is 16.8 Å². The van der Waals surface area contributed by atoms with Gasteiger partial charge in [-0.3, -0.25) is 16.0 Å². The van der Waals surface area contributed by atoms with E-state index < -0.39 is 0 Å². The highest BCUT2D eigenvalue weighted by molar-refractivity contribution is 6.18. The highest BCUT2D eigenvalue weighted by Gasteiger charge is 2.32. The molecule has 3 atom stereocenters. The molecule has 3 N–H and O–H groups in total. The van der Waals surface area contributed by atoms with Crippen molar-refractivity contribution in [3.63, 3.8) is 0 Å². The molecule has 0 spiro atoms. The van der Waals surface area contributed by atoms with Gasteiger partial charge in [0.25, 0.3) is 0 Å². The molecule has 1 fully saturated rings. The van der Waals surface area contributed by atoms with Crippen LogP contribution in [0.3, 0.4) is 0 Å². The number of furan rings is 2. The lowest BCUT2D eigenvalue weighted by Gasteiger charge is -2.41. The number of hydrogen-bond donors (Lipinski definition) is 3. The summed E-state index contributed by atoms with van der Waals surface area (Å²) in [6.45, 7) is 0. The number of rotatable bonds is 5. The van der Waals surface area contributed by atoms with Gasteiger partial charge in [-0.25, -0.2) is 0 Å². The predicted octanol–water partition coefficient (Wildman–Crippen LogP) is 12.2. The Hall–Kier alpha value is -6.44. The molecule has 1 saturated heterocycles. The molecule has 3 unspecified atom stereocenters. The van der Waals surface area contributed by atoms with Gasteiger partial charge in [-0.2, -0.15) is 0 Å². The number of hydrogen-bond acceptors (Lipinski definition) is 5. The fourth-order valence-electron chi connectivity index (χ4n) is 9.57. The first-order valence-corrected chi connectivity index (χ1v) is 20.2. The Morgan fingerprint density at radius 1 is 0.544 bits per heavy atom. The van der Waals surface area contributed by atoms with E-state index in [1.165, 1.54) is 33.0 Å². The largest absolute Gasteiger partial charge is 0.455 e.